The maximum atomic E-state index is 12.9. The first-order valence-corrected chi connectivity index (χ1v) is 11.2. The highest BCUT2D eigenvalue weighted by Gasteiger charge is 2.40. The average molecular weight is 400 g/mol. The van der Waals surface area contributed by atoms with Crippen LogP contribution in [0, 0.1) is 0 Å². The van der Waals surface area contributed by atoms with Crippen LogP contribution in [0.2, 0.25) is 5.02 Å². The van der Waals surface area contributed by atoms with Crippen LogP contribution in [0.25, 0.3) is 0 Å². The molecule has 0 unspecified atom stereocenters. The van der Waals surface area contributed by atoms with Crippen molar-refractivity contribution >= 4 is 33.2 Å². The van der Waals surface area contributed by atoms with Gasteiger partial charge in [-0.25, -0.2) is 8.42 Å². The SMILES string of the molecule is CCCS(=O)(=O)N1CCC[C@H]1C(=O)N1CCN(c2ccccc2Cl)CC1. The molecule has 1 atom stereocenters. The van der Waals surface area contributed by atoms with Gasteiger partial charge in [0.2, 0.25) is 15.9 Å². The predicted octanol–water partition coefficient (Wildman–Crippen LogP) is 2.19. The third kappa shape index (κ3) is 4.00. The van der Waals surface area contributed by atoms with Gasteiger partial charge < -0.3 is 9.80 Å². The highest BCUT2D eigenvalue weighted by atomic mass is 35.5. The lowest BCUT2D eigenvalue weighted by Crippen LogP contribution is -2.54. The van der Waals surface area contributed by atoms with E-state index in [-0.39, 0.29) is 11.7 Å². The fraction of sp³-hybridized carbons (Fsp3) is 0.611. The smallest absolute Gasteiger partial charge is 0.241 e. The molecule has 0 saturated carbocycles. The Kier molecular flexibility index (Phi) is 6.10. The number of sulfonamides is 1. The number of piperazine rings is 1. The number of para-hydroxylation sites is 1. The van der Waals surface area contributed by atoms with E-state index in [0.29, 0.717) is 50.6 Å². The topological polar surface area (TPSA) is 60.9 Å². The van der Waals surface area contributed by atoms with Gasteiger partial charge in [0.1, 0.15) is 6.04 Å². The summed E-state index contributed by atoms with van der Waals surface area (Å²) in [7, 11) is -3.34. The summed E-state index contributed by atoms with van der Waals surface area (Å²) in [5, 5.41) is 0.708. The number of rotatable bonds is 5. The molecule has 1 amide bonds. The summed E-state index contributed by atoms with van der Waals surface area (Å²) in [5.74, 6) is 0.0536. The summed E-state index contributed by atoms with van der Waals surface area (Å²) in [6, 6.07) is 7.17. The van der Waals surface area contributed by atoms with Crippen LogP contribution in [0.15, 0.2) is 24.3 Å². The number of carbonyl (C=O) groups is 1. The number of anilines is 1. The minimum atomic E-state index is -3.34. The van der Waals surface area contributed by atoms with Crippen LogP contribution in [0.5, 0.6) is 0 Å². The van der Waals surface area contributed by atoms with Crippen LogP contribution < -0.4 is 4.90 Å². The van der Waals surface area contributed by atoms with Gasteiger partial charge in [0.05, 0.1) is 16.5 Å². The van der Waals surface area contributed by atoms with E-state index in [0.717, 1.165) is 12.1 Å². The minimum Gasteiger partial charge on any atom is -0.367 e. The van der Waals surface area contributed by atoms with Crippen LogP contribution in [0.4, 0.5) is 5.69 Å². The molecule has 6 nitrogen and oxygen atoms in total. The molecule has 1 aromatic rings. The van der Waals surface area contributed by atoms with E-state index in [1.165, 1.54) is 4.31 Å². The molecule has 0 aliphatic carbocycles. The fourth-order valence-electron chi connectivity index (χ4n) is 3.78. The van der Waals surface area contributed by atoms with E-state index in [2.05, 4.69) is 4.90 Å². The van der Waals surface area contributed by atoms with Crippen LogP contribution in [0.1, 0.15) is 26.2 Å². The molecular weight excluding hydrogens is 374 g/mol. The van der Waals surface area contributed by atoms with Gasteiger partial charge in [-0.1, -0.05) is 30.7 Å². The monoisotopic (exact) mass is 399 g/mol. The van der Waals surface area contributed by atoms with Gasteiger partial charge in [-0.05, 0) is 31.4 Å². The van der Waals surface area contributed by atoms with Crippen molar-refractivity contribution < 1.29 is 13.2 Å². The van der Waals surface area contributed by atoms with Gasteiger partial charge in [0, 0.05) is 32.7 Å². The quantitative estimate of drug-likeness (QED) is 0.761. The van der Waals surface area contributed by atoms with Crippen molar-refractivity contribution in [3.8, 4) is 0 Å². The molecule has 2 aliphatic heterocycles. The van der Waals surface area contributed by atoms with Crippen LogP contribution >= 0.6 is 11.6 Å². The van der Waals surface area contributed by atoms with Crippen LogP contribution in [-0.2, 0) is 14.8 Å². The molecular formula is C18H26ClN3O3S. The maximum Gasteiger partial charge on any atom is 0.241 e. The minimum absolute atomic E-state index is 0.0546. The third-order valence-electron chi connectivity index (χ3n) is 5.09. The largest absolute Gasteiger partial charge is 0.367 e. The Morgan fingerprint density at radius 1 is 1.15 bits per heavy atom. The van der Waals surface area contributed by atoms with E-state index >= 15 is 0 Å². The summed E-state index contributed by atoms with van der Waals surface area (Å²) in [5.41, 5.74) is 0.981. The van der Waals surface area contributed by atoms with E-state index in [1.807, 2.05) is 31.2 Å². The van der Waals surface area contributed by atoms with Gasteiger partial charge >= 0.3 is 0 Å². The van der Waals surface area contributed by atoms with Crippen molar-refractivity contribution in [2.24, 2.45) is 0 Å². The molecule has 0 radical (unpaired) electrons. The Morgan fingerprint density at radius 2 is 1.85 bits per heavy atom. The molecule has 0 N–H and O–H groups in total. The van der Waals surface area contributed by atoms with Gasteiger partial charge in [0.15, 0.2) is 0 Å². The third-order valence-corrected chi connectivity index (χ3v) is 7.49. The number of halogens is 1. The van der Waals surface area contributed by atoms with Gasteiger partial charge in [0.25, 0.3) is 0 Å². The molecule has 2 heterocycles. The molecule has 0 aromatic heterocycles. The van der Waals surface area contributed by atoms with E-state index < -0.39 is 16.1 Å². The number of nitrogens with zero attached hydrogens (tertiary/aromatic N) is 3. The first kappa shape index (κ1) is 19.5. The zero-order chi connectivity index (χ0) is 18.7. The van der Waals surface area contributed by atoms with E-state index in [4.69, 9.17) is 11.6 Å². The molecule has 2 saturated heterocycles. The second-order valence-electron chi connectivity index (χ2n) is 6.85. The summed E-state index contributed by atoms with van der Waals surface area (Å²) >= 11 is 6.26. The molecule has 0 spiro atoms. The summed E-state index contributed by atoms with van der Waals surface area (Å²) < 4.78 is 26.3. The number of benzene rings is 1. The van der Waals surface area contributed by atoms with Crippen molar-refractivity contribution in [3.05, 3.63) is 29.3 Å². The Bertz CT molecular complexity index is 748. The lowest BCUT2D eigenvalue weighted by molar-refractivity contribution is -0.134. The van der Waals surface area contributed by atoms with E-state index in [9.17, 15) is 13.2 Å². The summed E-state index contributed by atoms with van der Waals surface area (Å²) in [6.07, 6.45) is 1.93. The van der Waals surface area contributed by atoms with Crippen molar-refractivity contribution in [2.75, 3.05) is 43.4 Å². The molecule has 0 bridgehead atoms. The van der Waals surface area contributed by atoms with Crippen molar-refractivity contribution in [1.82, 2.24) is 9.21 Å². The van der Waals surface area contributed by atoms with Crippen molar-refractivity contribution in [1.29, 1.82) is 0 Å². The Morgan fingerprint density at radius 3 is 2.50 bits per heavy atom. The normalized spacial score (nSPS) is 22.0. The second kappa shape index (κ2) is 8.15. The highest BCUT2D eigenvalue weighted by Crippen LogP contribution is 2.27. The molecule has 1 aromatic carbocycles. The fourth-order valence-corrected chi connectivity index (χ4v) is 5.78. The second-order valence-corrected chi connectivity index (χ2v) is 9.30. The Balaban J connectivity index is 1.64. The van der Waals surface area contributed by atoms with Crippen molar-refractivity contribution in [2.45, 2.75) is 32.2 Å². The van der Waals surface area contributed by atoms with Gasteiger partial charge in [-0.3, -0.25) is 4.79 Å². The highest BCUT2D eigenvalue weighted by molar-refractivity contribution is 7.89. The predicted molar refractivity (Wildman–Crippen MR) is 104 cm³/mol. The summed E-state index contributed by atoms with van der Waals surface area (Å²) in [4.78, 5) is 16.9. The Labute approximate surface area is 160 Å². The molecule has 8 heteroatoms. The lowest BCUT2D eigenvalue weighted by atomic mass is 10.1. The number of carbonyl (C=O) groups excluding carboxylic acids is 1. The first-order valence-electron chi connectivity index (χ1n) is 9.22. The molecule has 2 fully saturated rings. The standard InChI is InChI=1S/C18H26ClN3O3S/c1-2-14-26(24,25)22-9-5-8-17(22)18(23)21-12-10-20(11-13-21)16-7-4-3-6-15(16)19/h3-4,6-7,17H,2,5,8-14H2,1H3/t17-/m0/s1. The maximum absolute atomic E-state index is 12.9. The lowest BCUT2D eigenvalue weighted by Gasteiger charge is -2.38. The number of hydrogen-bond donors (Lipinski definition) is 0. The molecule has 144 valence electrons. The zero-order valence-corrected chi connectivity index (χ0v) is 16.7. The van der Waals surface area contributed by atoms with Crippen LogP contribution in [0.3, 0.4) is 0 Å². The van der Waals surface area contributed by atoms with E-state index in [1.54, 1.807) is 4.90 Å². The number of amides is 1. The number of hydrogen-bond acceptors (Lipinski definition) is 4. The first-order chi connectivity index (χ1) is 12.4. The average Bonchev–Trinajstić information content (AvgIpc) is 3.12. The van der Waals surface area contributed by atoms with Gasteiger partial charge in [-0.2, -0.15) is 4.31 Å². The zero-order valence-electron chi connectivity index (χ0n) is 15.1. The van der Waals surface area contributed by atoms with Crippen LogP contribution in [-0.4, -0.2) is 68.0 Å². The molecule has 3 rings (SSSR count). The van der Waals surface area contributed by atoms with Gasteiger partial charge in [-0.15, -0.1) is 0 Å². The summed E-state index contributed by atoms with van der Waals surface area (Å²) in [6.45, 7) is 4.87. The van der Waals surface area contributed by atoms with Crippen molar-refractivity contribution in [3.63, 3.8) is 0 Å². The Hall–Kier alpha value is -1.31. The molecule has 2 aliphatic rings. The molecule has 26 heavy (non-hydrogen) atoms.